The molecule has 0 heterocycles. The molecule has 4 rings (SSSR count). The molecule has 0 spiro atoms. The number of hydrogen-bond acceptors (Lipinski definition) is 3. The van der Waals surface area contributed by atoms with Gasteiger partial charge in [-0.1, -0.05) is 72.8 Å². The van der Waals surface area contributed by atoms with E-state index >= 15 is 0 Å². The number of ketones is 1. The topological polar surface area (TPSA) is 75.3 Å². The molecule has 0 bridgehead atoms. The van der Waals surface area contributed by atoms with Crippen molar-refractivity contribution < 1.29 is 14.4 Å². The fourth-order valence-corrected chi connectivity index (χ4v) is 3.80. The number of carbonyl (C=O) groups is 3. The van der Waals surface area contributed by atoms with E-state index in [1.54, 1.807) is 60.7 Å². The molecule has 0 fully saturated rings. The van der Waals surface area contributed by atoms with Gasteiger partial charge in [0.25, 0.3) is 11.8 Å². The summed E-state index contributed by atoms with van der Waals surface area (Å²) in [5, 5.41) is 5.56. The van der Waals surface area contributed by atoms with Crippen LogP contribution in [-0.4, -0.2) is 17.6 Å². The van der Waals surface area contributed by atoms with E-state index in [1.165, 1.54) is 6.08 Å². The minimum Gasteiger partial charge on any atom is -0.321 e. The Morgan fingerprint density at radius 1 is 0.632 bits per heavy atom. The second-order valence-corrected chi connectivity index (χ2v) is 8.82. The Morgan fingerprint density at radius 2 is 1.21 bits per heavy atom. The Labute approximate surface area is 222 Å². The van der Waals surface area contributed by atoms with Crippen LogP contribution in [0.2, 0.25) is 0 Å². The van der Waals surface area contributed by atoms with Gasteiger partial charge < -0.3 is 10.6 Å². The van der Waals surface area contributed by atoms with Crippen molar-refractivity contribution in [2.45, 2.75) is 13.8 Å². The molecule has 0 aromatic heterocycles. The Kier molecular flexibility index (Phi) is 8.42. The zero-order valence-corrected chi connectivity index (χ0v) is 21.3. The van der Waals surface area contributed by atoms with Crippen LogP contribution in [0.5, 0.6) is 0 Å². The molecule has 0 saturated carbocycles. The van der Waals surface area contributed by atoms with Crippen LogP contribution in [0.15, 0.2) is 115 Å². The summed E-state index contributed by atoms with van der Waals surface area (Å²) in [5.41, 5.74) is 5.39. The first-order chi connectivity index (χ1) is 18.4. The molecule has 5 nitrogen and oxygen atoms in total. The lowest BCUT2D eigenvalue weighted by Crippen LogP contribution is -2.30. The smallest absolute Gasteiger partial charge is 0.272 e. The number of nitrogens with one attached hydrogen (secondary N) is 2. The highest BCUT2D eigenvalue weighted by molar-refractivity contribution is 6.11. The van der Waals surface area contributed by atoms with Crippen molar-refractivity contribution in [3.05, 3.63) is 148 Å². The van der Waals surface area contributed by atoms with Gasteiger partial charge in [0.05, 0.1) is 0 Å². The van der Waals surface area contributed by atoms with E-state index in [0.717, 1.165) is 22.3 Å². The molecule has 2 amide bonds. The van der Waals surface area contributed by atoms with E-state index in [9.17, 15) is 14.4 Å². The van der Waals surface area contributed by atoms with Crippen LogP contribution in [0.1, 0.15) is 43.0 Å². The lowest BCUT2D eigenvalue weighted by molar-refractivity contribution is -0.113. The van der Waals surface area contributed by atoms with Crippen LogP contribution in [0.25, 0.3) is 12.2 Å². The number of amides is 2. The summed E-state index contributed by atoms with van der Waals surface area (Å²) in [7, 11) is 0. The molecular formula is C33H28N2O3. The second-order valence-electron chi connectivity index (χ2n) is 8.82. The SMILES string of the molecule is Cc1ccccc1/C=C(\NC(=O)c1ccccc1)C(=O)Nc1ccc(C(=O)/C=C/c2ccccc2C)cc1. The Morgan fingerprint density at radius 3 is 1.84 bits per heavy atom. The standard InChI is InChI=1S/C33H28N2O3/c1-23-10-6-8-12-25(23)18-21-31(36)26-16-19-29(20-17-26)34-33(38)30(22-28-15-9-7-11-24(28)2)35-32(37)27-13-4-3-5-14-27/h3-22H,1-2H3,(H,34,38)(H,35,37)/b21-18+,30-22-. The van der Waals surface area contributed by atoms with Crippen LogP contribution < -0.4 is 10.6 Å². The van der Waals surface area contributed by atoms with Gasteiger partial charge in [-0.05, 0) is 84.7 Å². The molecule has 0 aliphatic heterocycles. The summed E-state index contributed by atoms with van der Waals surface area (Å²) in [4.78, 5) is 38.7. The predicted molar refractivity (Wildman–Crippen MR) is 153 cm³/mol. The first-order valence-electron chi connectivity index (χ1n) is 12.2. The molecule has 4 aromatic carbocycles. The summed E-state index contributed by atoms with van der Waals surface area (Å²) >= 11 is 0. The Bertz CT molecular complexity index is 1520. The fourth-order valence-electron chi connectivity index (χ4n) is 3.80. The average Bonchev–Trinajstić information content (AvgIpc) is 2.94. The van der Waals surface area contributed by atoms with E-state index in [1.807, 2.05) is 68.4 Å². The highest BCUT2D eigenvalue weighted by Crippen LogP contribution is 2.16. The molecule has 5 heteroatoms. The number of anilines is 1. The van der Waals surface area contributed by atoms with E-state index < -0.39 is 5.91 Å². The number of hydrogen-bond donors (Lipinski definition) is 2. The van der Waals surface area contributed by atoms with Crippen molar-refractivity contribution in [1.29, 1.82) is 0 Å². The number of carbonyl (C=O) groups excluding carboxylic acids is 3. The van der Waals surface area contributed by atoms with Gasteiger partial charge >= 0.3 is 0 Å². The van der Waals surface area contributed by atoms with Crippen molar-refractivity contribution in [2.75, 3.05) is 5.32 Å². The van der Waals surface area contributed by atoms with Crippen molar-refractivity contribution in [3.8, 4) is 0 Å². The van der Waals surface area contributed by atoms with Gasteiger partial charge in [0.15, 0.2) is 5.78 Å². The zero-order chi connectivity index (χ0) is 26.9. The zero-order valence-electron chi connectivity index (χ0n) is 21.3. The second kappa shape index (κ2) is 12.3. The molecule has 0 saturated heterocycles. The van der Waals surface area contributed by atoms with E-state index in [-0.39, 0.29) is 17.4 Å². The number of benzene rings is 4. The summed E-state index contributed by atoms with van der Waals surface area (Å²) in [5.74, 6) is -1.00. The quantitative estimate of drug-likeness (QED) is 0.211. The van der Waals surface area contributed by atoms with Crippen LogP contribution in [0, 0.1) is 13.8 Å². The highest BCUT2D eigenvalue weighted by atomic mass is 16.2. The summed E-state index contributed by atoms with van der Waals surface area (Å²) in [6, 6.07) is 30.8. The molecule has 188 valence electrons. The van der Waals surface area contributed by atoms with Crippen LogP contribution in [0.3, 0.4) is 0 Å². The molecule has 0 unspecified atom stereocenters. The van der Waals surface area contributed by atoms with Crippen LogP contribution in [-0.2, 0) is 4.79 Å². The van der Waals surface area contributed by atoms with Gasteiger partial charge in [0.1, 0.15) is 5.70 Å². The van der Waals surface area contributed by atoms with Gasteiger partial charge in [-0.3, -0.25) is 14.4 Å². The monoisotopic (exact) mass is 500 g/mol. The molecule has 38 heavy (non-hydrogen) atoms. The Hall–Kier alpha value is -5.03. The molecule has 0 radical (unpaired) electrons. The first kappa shape index (κ1) is 26.0. The molecule has 4 aromatic rings. The average molecular weight is 501 g/mol. The molecule has 0 aliphatic rings. The van der Waals surface area contributed by atoms with Crippen LogP contribution >= 0.6 is 0 Å². The maximum Gasteiger partial charge on any atom is 0.272 e. The summed E-state index contributed by atoms with van der Waals surface area (Å²) < 4.78 is 0. The lowest BCUT2D eigenvalue weighted by Gasteiger charge is -2.12. The van der Waals surface area contributed by atoms with Gasteiger partial charge in [-0.2, -0.15) is 0 Å². The van der Waals surface area contributed by atoms with E-state index in [4.69, 9.17) is 0 Å². The lowest BCUT2D eigenvalue weighted by atomic mass is 10.1. The van der Waals surface area contributed by atoms with Gasteiger partial charge in [0, 0.05) is 16.8 Å². The summed E-state index contributed by atoms with van der Waals surface area (Å²) in [6.07, 6.45) is 4.99. The number of aryl methyl sites for hydroxylation is 2. The third kappa shape index (κ3) is 6.80. The summed E-state index contributed by atoms with van der Waals surface area (Å²) in [6.45, 7) is 3.93. The maximum absolute atomic E-state index is 13.2. The van der Waals surface area contributed by atoms with E-state index in [2.05, 4.69) is 10.6 Å². The molecule has 0 aliphatic carbocycles. The van der Waals surface area contributed by atoms with Crippen molar-refractivity contribution in [2.24, 2.45) is 0 Å². The third-order valence-electron chi connectivity index (χ3n) is 6.05. The maximum atomic E-state index is 13.2. The minimum atomic E-state index is -0.476. The highest BCUT2D eigenvalue weighted by Gasteiger charge is 2.16. The molecular weight excluding hydrogens is 472 g/mol. The number of allylic oxidation sites excluding steroid dienone is 1. The first-order valence-corrected chi connectivity index (χ1v) is 12.2. The predicted octanol–water partition coefficient (Wildman–Crippen LogP) is 6.61. The van der Waals surface area contributed by atoms with Gasteiger partial charge in [-0.15, -0.1) is 0 Å². The van der Waals surface area contributed by atoms with Crippen molar-refractivity contribution in [1.82, 2.24) is 5.32 Å². The normalized spacial score (nSPS) is 11.3. The fraction of sp³-hybridized carbons (Fsp3) is 0.0606. The Balaban J connectivity index is 1.51. The number of rotatable bonds is 8. The van der Waals surface area contributed by atoms with Gasteiger partial charge in [-0.25, -0.2) is 0 Å². The molecule has 0 atom stereocenters. The minimum absolute atomic E-state index is 0.106. The third-order valence-corrected chi connectivity index (χ3v) is 6.05. The van der Waals surface area contributed by atoms with Gasteiger partial charge in [0.2, 0.25) is 0 Å². The van der Waals surface area contributed by atoms with E-state index in [0.29, 0.717) is 16.8 Å². The molecule has 2 N–H and O–H groups in total. The van der Waals surface area contributed by atoms with Crippen LogP contribution in [0.4, 0.5) is 5.69 Å². The largest absolute Gasteiger partial charge is 0.321 e. The van der Waals surface area contributed by atoms with Crippen molar-refractivity contribution in [3.63, 3.8) is 0 Å². The van der Waals surface area contributed by atoms with Crippen molar-refractivity contribution >= 4 is 35.4 Å².